The summed E-state index contributed by atoms with van der Waals surface area (Å²) in [5, 5.41) is 3.20. The zero-order chi connectivity index (χ0) is 27.8. The molecule has 0 radical (unpaired) electrons. The molecule has 1 N–H and O–H groups in total. The third kappa shape index (κ3) is 5.28. The van der Waals surface area contributed by atoms with Crippen LogP contribution in [0.5, 0.6) is 0 Å². The summed E-state index contributed by atoms with van der Waals surface area (Å²) < 4.78 is 16.2. The largest absolute Gasteiger partial charge is 0.468 e. The van der Waals surface area contributed by atoms with Gasteiger partial charge in [0.2, 0.25) is 5.41 Å². The van der Waals surface area contributed by atoms with E-state index in [2.05, 4.69) is 11.0 Å². The number of hydrogen-bond acceptors (Lipinski definition) is 7. The van der Waals surface area contributed by atoms with Gasteiger partial charge in [-0.2, -0.15) is 0 Å². The summed E-state index contributed by atoms with van der Waals surface area (Å²) in [7, 11) is 1.26. The molecule has 39 heavy (non-hydrogen) atoms. The molecule has 1 aliphatic rings. The molecule has 0 amide bonds. The van der Waals surface area contributed by atoms with Gasteiger partial charge in [0.05, 0.1) is 26.4 Å². The van der Waals surface area contributed by atoms with Gasteiger partial charge in [0.1, 0.15) is 6.04 Å². The highest BCUT2D eigenvalue weighted by Crippen LogP contribution is 2.50. The molecule has 4 rings (SSSR count). The van der Waals surface area contributed by atoms with Crippen molar-refractivity contribution in [1.82, 2.24) is 5.32 Å². The van der Waals surface area contributed by atoms with Crippen molar-refractivity contribution < 1.29 is 28.6 Å². The van der Waals surface area contributed by atoms with Crippen LogP contribution in [0.25, 0.3) is 5.57 Å². The Balaban J connectivity index is 2.18. The number of nitrogens with one attached hydrogen (secondary N) is 1. The summed E-state index contributed by atoms with van der Waals surface area (Å²) in [6.45, 7) is 3.36. The molecule has 2 atom stereocenters. The number of rotatable bonds is 8. The second-order valence-electron chi connectivity index (χ2n) is 8.86. The van der Waals surface area contributed by atoms with Crippen molar-refractivity contribution in [2.45, 2.75) is 25.9 Å². The van der Waals surface area contributed by atoms with Gasteiger partial charge < -0.3 is 14.2 Å². The number of carbonyl (C=O) groups is 3. The van der Waals surface area contributed by atoms with Crippen LogP contribution in [0, 0.1) is 5.41 Å². The Morgan fingerprint density at radius 1 is 0.769 bits per heavy atom. The van der Waals surface area contributed by atoms with Crippen molar-refractivity contribution in [2.24, 2.45) is 5.41 Å². The topological polar surface area (TPSA) is 90.9 Å². The molecular formula is C32H31NO6. The fraction of sp³-hybridized carbons (Fsp3) is 0.250. The minimum Gasteiger partial charge on any atom is -0.468 e. The first-order valence-corrected chi connectivity index (χ1v) is 12.8. The van der Waals surface area contributed by atoms with E-state index < -0.39 is 35.4 Å². The Kier molecular flexibility index (Phi) is 8.77. The molecule has 1 heterocycles. The summed E-state index contributed by atoms with van der Waals surface area (Å²) >= 11 is 0. The normalized spacial score (nSPS) is 17.6. The highest BCUT2D eigenvalue weighted by atomic mass is 16.6. The van der Waals surface area contributed by atoms with Crippen molar-refractivity contribution in [3.05, 3.63) is 119 Å². The summed E-state index contributed by atoms with van der Waals surface area (Å²) in [4.78, 5) is 41.3. The smallest absolute Gasteiger partial charge is 0.330 e. The van der Waals surface area contributed by atoms with Crippen LogP contribution in [-0.2, 0) is 28.6 Å². The Bertz CT molecular complexity index is 1320. The predicted octanol–water partition coefficient (Wildman–Crippen LogP) is 4.64. The maximum Gasteiger partial charge on any atom is 0.330 e. The Labute approximate surface area is 228 Å². The van der Waals surface area contributed by atoms with Gasteiger partial charge in [0.15, 0.2) is 0 Å². The van der Waals surface area contributed by atoms with E-state index in [1.165, 1.54) is 7.11 Å². The van der Waals surface area contributed by atoms with Crippen LogP contribution in [-0.4, -0.2) is 44.3 Å². The second-order valence-corrected chi connectivity index (χ2v) is 8.86. The van der Waals surface area contributed by atoms with Crippen molar-refractivity contribution in [3.8, 4) is 0 Å². The monoisotopic (exact) mass is 525 g/mol. The second kappa shape index (κ2) is 12.4. The fourth-order valence-corrected chi connectivity index (χ4v) is 4.91. The van der Waals surface area contributed by atoms with E-state index in [-0.39, 0.29) is 18.8 Å². The minimum atomic E-state index is -2.05. The van der Waals surface area contributed by atoms with Gasteiger partial charge in [0, 0.05) is 11.1 Å². The number of ether oxygens (including phenoxy) is 3. The third-order valence-electron chi connectivity index (χ3n) is 6.63. The summed E-state index contributed by atoms with van der Waals surface area (Å²) in [6.07, 6.45) is 0. The highest BCUT2D eigenvalue weighted by molar-refractivity contribution is 6.08. The van der Waals surface area contributed by atoms with Gasteiger partial charge in [0.25, 0.3) is 0 Å². The van der Waals surface area contributed by atoms with E-state index in [0.717, 1.165) is 11.1 Å². The number of hydrogen-bond donors (Lipinski definition) is 1. The Morgan fingerprint density at radius 2 is 1.23 bits per heavy atom. The molecule has 1 fully saturated rings. The lowest BCUT2D eigenvalue weighted by molar-refractivity contribution is -0.169. The van der Waals surface area contributed by atoms with Crippen molar-refractivity contribution in [3.63, 3.8) is 0 Å². The lowest BCUT2D eigenvalue weighted by atomic mass is 9.72. The molecule has 0 spiro atoms. The van der Waals surface area contributed by atoms with Crippen LogP contribution in [0.3, 0.4) is 0 Å². The quantitative estimate of drug-likeness (QED) is 0.198. The van der Waals surface area contributed by atoms with E-state index in [4.69, 9.17) is 14.2 Å². The molecule has 0 bridgehead atoms. The van der Waals surface area contributed by atoms with Crippen LogP contribution in [0.4, 0.5) is 0 Å². The first-order chi connectivity index (χ1) is 19.0. The molecule has 7 nitrogen and oxygen atoms in total. The number of benzene rings is 3. The number of carbonyl (C=O) groups excluding carboxylic acids is 3. The highest BCUT2D eigenvalue weighted by Gasteiger charge is 2.66. The van der Waals surface area contributed by atoms with Gasteiger partial charge in [-0.05, 0) is 30.5 Å². The summed E-state index contributed by atoms with van der Waals surface area (Å²) in [5.74, 6) is -2.34. The van der Waals surface area contributed by atoms with Crippen LogP contribution in [0.1, 0.15) is 36.6 Å². The molecule has 0 saturated carbocycles. The van der Waals surface area contributed by atoms with Crippen LogP contribution >= 0.6 is 0 Å². The van der Waals surface area contributed by atoms with Crippen LogP contribution in [0.15, 0.2) is 102 Å². The first kappa shape index (κ1) is 27.6. The van der Waals surface area contributed by atoms with Crippen LogP contribution in [0.2, 0.25) is 0 Å². The zero-order valence-electron chi connectivity index (χ0n) is 22.2. The van der Waals surface area contributed by atoms with Gasteiger partial charge in [-0.15, -0.1) is 5.73 Å². The maximum atomic E-state index is 14.0. The number of esters is 3. The standard InChI is InChI=1S/C32H31NO6/c1-4-38-30(35)32(31(36)39-5-2)26(27(29(34)37-3)33-28(32)24-19-13-8-14-20-24)21-25(22-15-9-6-10-16-22)23-17-11-7-12-18-23/h6-20,27-28,33H,4-5H2,1-3H3/t27-,28-/m1/s1. The zero-order valence-corrected chi connectivity index (χ0v) is 22.2. The molecule has 1 aliphatic heterocycles. The SMILES string of the molecule is CCOC(=O)C1(C(=O)OCC)C(=C=C(c2ccccc2)c2ccccc2)[C@H](C(=O)OC)N[C@@H]1c1ccccc1. The summed E-state index contributed by atoms with van der Waals surface area (Å²) in [6, 6.07) is 25.7. The molecule has 0 aromatic heterocycles. The van der Waals surface area contributed by atoms with E-state index in [1.54, 1.807) is 38.1 Å². The molecule has 200 valence electrons. The van der Waals surface area contributed by atoms with Crippen molar-refractivity contribution in [1.29, 1.82) is 0 Å². The Hall–Kier alpha value is -4.45. The lowest BCUT2D eigenvalue weighted by Crippen LogP contribution is -2.47. The molecule has 3 aromatic carbocycles. The average molecular weight is 526 g/mol. The van der Waals surface area contributed by atoms with Gasteiger partial charge in [-0.25, -0.2) is 4.79 Å². The Morgan fingerprint density at radius 3 is 1.67 bits per heavy atom. The van der Waals surface area contributed by atoms with Crippen molar-refractivity contribution >= 4 is 23.5 Å². The van der Waals surface area contributed by atoms with E-state index in [9.17, 15) is 14.4 Å². The van der Waals surface area contributed by atoms with E-state index >= 15 is 0 Å². The van der Waals surface area contributed by atoms with E-state index in [1.807, 2.05) is 66.7 Å². The van der Waals surface area contributed by atoms with Crippen LogP contribution < -0.4 is 5.32 Å². The molecule has 0 unspecified atom stereocenters. The van der Waals surface area contributed by atoms with Gasteiger partial charge in [-0.1, -0.05) is 91.0 Å². The van der Waals surface area contributed by atoms with Gasteiger partial charge >= 0.3 is 17.9 Å². The number of methoxy groups -OCH3 is 1. The lowest BCUT2D eigenvalue weighted by Gasteiger charge is -2.31. The molecule has 3 aromatic rings. The third-order valence-corrected chi connectivity index (χ3v) is 6.63. The van der Waals surface area contributed by atoms with Crippen molar-refractivity contribution in [2.75, 3.05) is 20.3 Å². The average Bonchev–Trinajstić information content (AvgIpc) is 3.33. The molecular weight excluding hydrogens is 494 g/mol. The molecule has 0 aliphatic carbocycles. The predicted molar refractivity (Wildman–Crippen MR) is 146 cm³/mol. The molecule has 1 saturated heterocycles. The fourth-order valence-electron chi connectivity index (χ4n) is 4.91. The first-order valence-electron chi connectivity index (χ1n) is 12.8. The minimum absolute atomic E-state index is 0.0195. The molecule has 7 heteroatoms. The summed E-state index contributed by atoms with van der Waals surface area (Å²) in [5.41, 5.74) is 4.13. The maximum absolute atomic E-state index is 14.0. The van der Waals surface area contributed by atoms with E-state index in [0.29, 0.717) is 11.1 Å². The van der Waals surface area contributed by atoms with Gasteiger partial charge in [-0.3, -0.25) is 14.9 Å².